The highest BCUT2D eigenvalue weighted by molar-refractivity contribution is 6.06. The number of furan rings is 1. The zero-order chi connectivity index (χ0) is 18.9. The summed E-state index contributed by atoms with van der Waals surface area (Å²) in [5.74, 6) is 0.472. The lowest BCUT2D eigenvalue weighted by molar-refractivity contribution is 0.0696. The smallest absolute Gasteiger partial charge is 0.379 e. The van der Waals surface area contributed by atoms with Crippen LogP contribution >= 0.6 is 0 Å². The van der Waals surface area contributed by atoms with E-state index in [1.165, 1.54) is 6.20 Å². The van der Waals surface area contributed by atoms with Crippen LogP contribution in [-0.2, 0) is 6.42 Å². The maximum Gasteiger partial charge on any atom is 0.379 e. The van der Waals surface area contributed by atoms with Gasteiger partial charge in [0.25, 0.3) is 0 Å². The van der Waals surface area contributed by atoms with Crippen LogP contribution in [0.4, 0.5) is 0 Å². The first-order valence-corrected chi connectivity index (χ1v) is 8.17. The molecule has 8 heteroatoms. The second-order valence-corrected chi connectivity index (χ2v) is 7.02. The van der Waals surface area contributed by atoms with Crippen LogP contribution in [0, 0.1) is 12.3 Å². The van der Waals surface area contributed by atoms with E-state index < -0.39 is 5.97 Å². The first-order valence-electron chi connectivity index (χ1n) is 8.17. The lowest BCUT2D eigenvalue weighted by atomic mass is 9.75. The molecule has 0 saturated carbocycles. The topological polar surface area (TPSA) is 129 Å². The number of carbonyl (C=O) groups is 1. The number of pyridine rings is 1. The molecule has 0 bridgehead atoms. The number of ether oxygens (including phenoxy) is 1. The minimum atomic E-state index is -0.580. The zero-order valence-electron chi connectivity index (χ0n) is 14.9. The van der Waals surface area contributed by atoms with Crippen molar-refractivity contribution < 1.29 is 13.9 Å². The van der Waals surface area contributed by atoms with E-state index in [0.29, 0.717) is 35.6 Å². The first-order chi connectivity index (χ1) is 12.3. The Hall–Kier alpha value is -3.16. The van der Waals surface area contributed by atoms with Crippen LogP contribution in [0.1, 0.15) is 47.7 Å². The highest BCUT2D eigenvalue weighted by Crippen LogP contribution is 2.39. The molecule has 0 aliphatic heterocycles. The number of nitrogens with zero attached hydrogens (tertiary/aromatic N) is 3. The molecule has 2 heterocycles. The molecule has 8 nitrogen and oxygen atoms in total. The fourth-order valence-corrected chi connectivity index (χ4v) is 3.07. The van der Waals surface area contributed by atoms with Crippen LogP contribution in [0.5, 0.6) is 5.75 Å². The van der Waals surface area contributed by atoms with Gasteiger partial charge in [-0.3, -0.25) is 4.98 Å². The highest BCUT2D eigenvalue weighted by atomic mass is 16.5. The number of rotatable bonds is 3. The van der Waals surface area contributed by atoms with Gasteiger partial charge in [-0.1, -0.05) is 13.8 Å². The van der Waals surface area contributed by atoms with Crippen molar-refractivity contribution in [3.05, 3.63) is 47.2 Å². The molecule has 26 heavy (non-hydrogen) atoms. The van der Waals surface area contributed by atoms with Crippen molar-refractivity contribution in [2.75, 3.05) is 0 Å². The number of aromatic nitrogens is 1. The van der Waals surface area contributed by atoms with Gasteiger partial charge in [0, 0.05) is 23.7 Å². The van der Waals surface area contributed by atoms with Gasteiger partial charge < -0.3 is 20.6 Å². The third-order valence-electron chi connectivity index (χ3n) is 4.11. The fourth-order valence-electron chi connectivity index (χ4n) is 3.07. The van der Waals surface area contributed by atoms with E-state index in [4.69, 9.17) is 20.6 Å². The third-order valence-corrected chi connectivity index (χ3v) is 4.11. The van der Waals surface area contributed by atoms with Gasteiger partial charge >= 0.3 is 5.97 Å². The summed E-state index contributed by atoms with van der Waals surface area (Å²) in [6.45, 7) is 5.98. The van der Waals surface area contributed by atoms with Crippen molar-refractivity contribution in [3.8, 4) is 5.75 Å². The van der Waals surface area contributed by atoms with Gasteiger partial charge in [0.05, 0.1) is 11.9 Å². The van der Waals surface area contributed by atoms with E-state index in [9.17, 15) is 4.79 Å². The molecule has 4 N–H and O–H groups in total. The number of hydrogen-bond donors (Lipinski definition) is 2. The molecule has 0 radical (unpaired) electrons. The maximum absolute atomic E-state index is 12.5. The van der Waals surface area contributed by atoms with E-state index in [2.05, 4.69) is 29.0 Å². The van der Waals surface area contributed by atoms with Crippen molar-refractivity contribution >= 4 is 17.6 Å². The Bertz CT molecular complexity index is 893. The summed E-state index contributed by atoms with van der Waals surface area (Å²) in [5, 5.41) is 7.94. The summed E-state index contributed by atoms with van der Waals surface area (Å²) >= 11 is 0. The van der Waals surface area contributed by atoms with E-state index in [1.807, 2.05) is 0 Å². The highest BCUT2D eigenvalue weighted by Gasteiger charge is 2.36. The van der Waals surface area contributed by atoms with E-state index >= 15 is 0 Å². The number of hydrogen-bond acceptors (Lipinski definition) is 6. The summed E-state index contributed by atoms with van der Waals surface area (Å²) in [7, 11) is 0. The van der Waals surface area contributed by atoms with E-state index in [0.717, 1.165) is 5.56 Å². The summed E-state index contributed by atoms with van der Waals surface area (Å²) in [4.78, 5) is 16.5. The second kappa shape index (κ2) is 6.62. The minimum Gasteiger partial charge on any atom is -0.453 e. The van der Waals surface area contributed by atoms with Crippen LogP contribution in [0.25, 0.3) is 0 Å². The van der Waals surface area contributed by atoms with Gasteiger partial charge in [0.2, 0.25) is 11.7 Å². The van der Waals surface area contributed by atoms with Gasteiger partial charge in [0.1, 0.15) is 11.5 Å². The molecule has 1 aliphatic rings. The molecule has 0 aromatic carbocycles. The van der Waals surface area contributed by atoms with Crippen molar-refractivity contribution in [3.63, 3.8) is 0 Å². The maximum atomic E-state index is 12.5. The van der Waals surface area contributed by atoms with Gasteiger partial charge in [0.15, 0.2) is 0 Å². The quantitative estimate of drug-likeness (QED) is 0.375. The number of guanidine groups is 1. The van der Waals surface area contributed by atoms with Crippen LogP contribution in [-0.4, -0.2) is 22.6 Å². The van der Waals surface area contributed by atoms with E-state index in [1.54, 1.807) is 25.3 Å². The standard InChI is InChI=1S/C18H21N5O3/c1-10-14-12(22-23-17(19)20)7-18(2,3)8-13(14)26-15(10)16(24)25-11-5-4-6-21-9-11/h4-6,9H,7-8H2,1-3H3,(H4,19,20,23)/b22-12-. The van der Waals surface area contributed by atoms with Gasteiger partial charge in [-0.15, -0.1) is 5.10 Å². The Morgan fingerprint density at radius 2 is 2.12 bits per heavy atom. The minimum absolute atomic E-state index is 0.0977. The van der Waals surface area contributed by atoms with Crippen molar-refractivity contribution in [2.45, 2.75) is 33.6 Å². The molecule has 2 aromatic rings. The molecular formula is C18H21N5O3. The summed E-state index contributed by atoms with van der Waals surface area (Å²) < 4.78 is 11.2. The normalized spacial score (nSPS) is 16.8. The van der Waals surface area contributed by atoms with Crippen LogP contribution in [0.3, 0.4) is 0 Å². The monoisotopic (exact) mass is 355 g/mol. The van der Waals surface area contributed by atoms with E-state index in [-0.39, 0.29) is 17.1 Å². The molecule has 0 spiro atoms. The van der Waals surface area contributed by atoms with Crippen molar-refractivity contribution in [1.29, 1.82) is 0 Å². The molecule has 0 atom stereocenters. The molecule has 1 aliphatic carbocycles. The number of esters is 1. The zero-order valence-corrected chi connectivity index (χ0v) is 14.9. The van der Waals surface area contributed by atoms with Crippen molar-refractivity contribution in [1.82, 2.24) is 4.98 Å². The molecule has 0 saturated heterocycles. The number of fused-ring (bicyclic) bond motifs is 1. The van der Waals surface area contributed by atoms with Gasteiger partial charge in [-0.2, -0.15) is 5.10 Å². The van der Waals surface area contributed by atoms with Gasteiger partial charge in [-0.25, -0.2) is 4.79 Å². The molecule has 136 valence electrons. The summed E-state index contributed by atoms with van der Waals surface area (Å²) in [6, 6.07) is 3.34. The second-order valence-electron chi connectivity index (χ2n) is 7.02. The predicted molar refractivity (Wildman–Crippen MR) is 97.1 cm³/mol. The van der Waals surface area contributed by atoms with Gasteiger partial charge in [-0.05, 0) is 30.9 Å². The molecule has 0 amide bonds. The lowest BCUT2D eigenvalue weighted by Crippen LogP contribution is -2.27. The summed E-state index contributed by atoms with van der Waals surface area (Å²) in [6.07, 6.45) is 4.39. The summed E-state index contributed by atoms with van der Waals surface area (Å²) in [5.41, 5.74) is 12.8. The Kier molecular flexibility index (Phi) is 4.50. The number of nitrogens with two attached hydrogens (primary N) is 2. The Morgan fingerprint density at radius 1 is 1.35 bits per heavy atom. The first kappa shape index (κ1) is 17.7. The third kappa shape index (κ3) is 3.58. The average Bonchev–Trinajstić information content (AvgIpc) is 2.89. The Balaban J connectivity index is 2.00. The lowest BCUT2D eigenvalue weighted by Gasteiger charge is -2.29. The van der Waals surface area contributed by atoms with Crippen LogP contribution < -0.4 is 16.2 Å². The van der Waals surface area contributed by atoms with Crippen LogP contribution in [0.15, 0.2) is 39.1 Å². The average molecular weight is 355 g/mol. The van der Waals surface area contributed by atoms with Crippen molar-refractivity contribution in [2.24, 2.45) is 27.1 Å². The molecule has 3 rings (SSSR count). The number of carbonyl (C=O) groups excluding carboxylic acids is 1. The SMILES string of the molecule is Cc1c(C(=O)Oc2cccnc2)oc2c1/C(=N\N=C(N)N)CC(C)(C)C2. The fraction of sp³-hybridized carbons (Fsp3) is 0.333. The molecular weight excluding hydrogens is 334 g/mol. The van der Waals surface area contributed by atoms with Crippen LogP contribution in [0.2, 0.25) is 0 Å². The predicted octanol–water partition coefficient (Wildman–Crippen LogP) is 2.15. The Labute approximate surface area is 150 Å². The largest absolute Gasteiger partial charge is 0.453 e. The Morgan fingerprint density at radius 3 is 2.77 bits per heavy atom. The molecule has 0 fully saturated rings. The molecule has 0 unspecified atom stereocenters. The molecule has 2 aromatic heterocycles.